The fraction of sp³-hybridized carbons (Fsp3) is 0.438. The SMILES string of the molecule is CCc1noc(CCNC(=O)c2cc(C)ccc2OCCN)n1. The molecule has 0 unspecified atom stereocenters. The van der Waals surface area contributed by atoms with Crippen LogP contribution in [0.4, 0.5) is 0 Å². The zero-order valence-electron chi connectivity index (χ0n) is 13.5. The number of aromatic nitrogens is 2. The number of carbonyl (C=O) groups excluding carboxylic acids is 1. The molecule has 1 aromatic heterocycles. The van der Waals surface area contributed by atoms with Crippen molar-refractivity contribution in [1.82, 2.24) is 15.5 Å². The number of nitrogens with two attached hydrogens (primary N) is 1. The number of carbonyl (C=O) groups is 1. The first-order valence-corrected chi connectivity index (χ1v) is 7.67. The molecule has 2 aromatic rings. The third kappa shape index (κ3) is 4.79. The van der Waals surface area contributed by atoms with Crippen molar-refractivity contribution in [2.75, 3.05) is 19.7 Å². The molecule has 0 saturated heterocycles. The number of hydrogen-bond acceptors (Lipinski definition) is 6. The molecule has 0 radical (unpaired) electrons. The Bertz CT molecular complexity index is 655. The lowest BCUT2D eigenvalue weighted by atomic mass is 10.1. The molecule has 0 aliphatic heterocycles. The Kier molecular flexibility index (Phi) is 6.10. The van der Waals surface area contributed by atoms with Crippen LogP contribution in [-0.2, 0) is 12.8 Å². The van der Waals surface area contributed by atoms with Gasteiger partial charge in [-0.15, -0.1) is 0 Å². The van der Waals surface area contributed by atoms with Crippen molar-refractivity contribution < 1.29 is 14.1 Å². The van der Waals surface area contributed by atoms with Gasteiger partial charge in [0.05, 0.1) is 5.56 Å². The quantitative estimate of drug-likeness (QED) is 0.759. The van der Waals surface area contributed by atoms with Gasteiger partial charge in [0, 0.05) is 25.9 Å². The molecule has 0 saturated carbocycles. The molecule has 2 rings (SSSR count). The van der Waals surface area contributed by atoms with Gasteiger partial charge in [-0.2, -0.15) is 4.98 Å². The maximum atomic E-state index is 12.3. The zero-order valence-corrected chi connectivity index (χ0v) is 13.5. The number of benzene rings is 1. The zero-order chi connectivity index (χ0) is 16.7. The van der Waals surface area contributed by atoms with E-state index in [-0.39, 0.29) is 5.91 Å². The molecule has 7 nitrogen and oxygen atoms in total. The topological polar surface area (TPSA) is 103 Å². The molecule has 1 heterocycles. The molecule has 0 spiro atoms. The van der Waals surface area contributed by atoms with E-state index in [1.54, 1.807) is 12.1 Å². The van der Waals surface area contributed by atoms with Gasteiger partial charge >= 0.3 is 0 Å². The molecule has 0 bridgehead atoms. The Labute approximate surface area is 135 Å². The van der Waals surface area contributed by atoms with Crippen LogP contribution in [0.2, 0.25) is 0 Å². The molecule has 1 aromatic carbocycles. The van der Waals surface area contributed by atoms with E-state index in [1.165, 1.54) is 0 Å². The van der Waals surface area contributed by atoms with Crippen LogP contribution < -0.4 is 15.8 Å². The van der Waals surface area contributed by atoms with Crippen LogP contribution in [0.15, 0.2) is 22.7 Å². The summed E-state index contributed by atoms with van der Waals surface area (Å²) in [6, 6.07) is 5.47. The van der Waals surface area contributed by atoms with Gasteiger partial charge in [-0.3, -0.25) is 4.79 Å². The van der Waals surface area contributed by atoms with Crippen LogP contribution in [-0.4, -0.2) is 35.7 Å². The summed E-state index contributed by atoms with van der Waals surface area (Å²) in [5.41, 5.74) is 6.93. The number of nitrogens with zero attached hydrogens (tertiary/aromatic N) is 2. The number of rotatable bonds is 8. The van der Waals surface area contributed by atoms with Crippen molar-refractivity contribution in [3.05, 3.63) is 41.0 Å². The molecule has 3 N–H and O–H groups in total. The highest BCUT2D eigenvalue weighted by atomic mass is 16.5. The van der Waals surface area contributed by atoms with E-state index in [1.807, 2.05) is 19.9 Å². The summed E-state index contributed by atoms with van der Waals surface area (Å²) >= 11 is 0. The van der Waals surface area contributed by atoms with Crippen LogP contribution in [0.5, 0.6) is 5.75 Å². The van der Waals surface area contributed by atoms with Crippen LogP contribution in [0.3, 0.4) is 0 Å². The molecular weight excluding hydrogens is 296 g/mol. The first-order valence-electron chi connectivity index (χ1n) is 7.67. The maximum absolute atomic E-state index is 12.3. The molecular formula is C16H22N4O3. The second-order valence-corrected chi connectivity index (χ2v) is 5.10. The molecule has 23 heavy (non-hydrogen) atoms. The minimum atomic E-state index is -0.198. The van der Waals surface area contributed by atoms with E-state index in [9.17, 15) is 4.79 Å². The van der Waals surface area contributed by atoms with Crippen LogP contribution in [0.1, 0.15) is 34.6 Å². The predicted molar refractivity (Wildman–Crippen MR) is 85.4 cm³/mol. The average molecular weight is 318 g/mol. The fourth-order valence-corrected chi connectivity index (χ4v) is 2.03. The van der Waals surface area contributed by atoms with E-state index >= 15 is 0 Å². The number of ether oxygens (including phenoxy) is 1. The van der Waals surface area contributed by atoms with Gasteiger partial charge in [-0.1, -0.05) is 23.7 Å². The average Bonchev–Trinajstić information content (AvgIpc) is 3.01. The second kappa shape index (κ2) is 8.28. The van der Waals surface area contributed by atoms with E-state index in [0.717, 1.165) is 12.0 Å². The van der Waals surface area contributed by atoms with Gasteiger partial charge in [0.2, 0.25) is 5.89 Å². The highest BCUT2D eigenvalue weighted by Crippen LogP contribution is 2.20. The second-order valence-electron chi connectivity index (χ2n) is 5.10. The standard InChI is InChI=1S/C16H22N4O3/c1-3-14-19-15(23-20-14)6-8-18-16(21)12-10-11(2)4-5-13(12)22-9-7-17/h4-5,10H,3,6-9,17H2,1-2H3,(H,18,21). The van der Waals surface area contributed by atoms with Gasteiger partial charge in [0.25, 0.3) is 5.91 Å². The number of amides is 1. The maximum Gasteiger partial charge on any atom is 0.255 e. The summed E-state index contributed by atoms with van der Waals surface area (Å²) < 4.78 is 10.6. The smallest absolute Gasteiger partial charge is 0.255 e. The van der Waals surface area contributed by atoms with E-state index in [0.29, 0.717) is 49.1 Å². The third-order valence-corrected chi connectivity index (χ3v) is 3.21. The summed E-state index contributed by atoms with van der Waals surface area (Å²) in [6.07, 6.45) is 1.21. The Morgan fingerprint density at radius 2 is 2.26 bits per heavy atom. The Hall–Kier alpha value is -2.41. The first kappa shape index (κ1) is 17.0. The van der Waals surface area contributed by atoms with Crippen molar-refractivity contribution >= 4 is 5.91 Å². The van der Waals surface area contributed by atoms with Gasteiger partial charge in [0.1, 0.15) is 12.4 Å². The van der Waals surface area contributed by atoms with Crippen molar-refractivity contribution in [2.45, 2.75) is 26.7 Å². The molecule has 124 valence electrons. The van der Waals surface area contributed by atoms with Gasteiger partial charge in [-0.05, 0) is 19.1 Å². The van der Waals surface area contributed by atoms with Gasteiger partial charge in [0.15, 0.2) is 5.82 Å². The Morgan fingerprint density at radius 3 is 2.96 bits per heavy atom. The Morgan fingerprint density at radius 1 is 1.43 bits per heavy atom. The molecule has 0 aliphatic rings. The normalized spacial score (nSPS) is 10.6. The Balaban J connectivity index is 1.95. The number of nitrogens with one attached hydrogen (secondary N) is 1. The van der Waals surface area contributed by atoms with Crippen molar-refractivity contribution in [1.29, 1.82) is 0 Å². The highest BCUT2D eigenvalue weighted by molar-refractivity contribution is 5.97. The van der Waals surface area contributed by atoms with E-state index in [2.05, 4.69) is 15.5 Å². The lowest BCUT2D eigenvalue weighted by Gasteiger charge is -2.11. The van der Waals surface area contributed by atoms with Crippen LogP contribution in [0.25, 0.3) is 0 Å². The largest absolute Gasteiger partial charge is 0.491 e. The van der Waals surface area contributed by atoms with Crippen molar-refractivity contribution in [2.24, 2.45) is 5.73 Å². The third-order valence-electron chi connectivity index (χ3n) is 3.21. The lowest BCUT2D eigenvalue weighted by molar-refractivity contribution is 0.0949. The lowest BCUT2D eigenvalue weighted by Crippen LogP contribution is -2.26. The van der Waals surface area contributed by atoms with Crippen molar-refractivity contribution in [3.8, 4) is 5.75 Å². The van der Waals surface area contributed by atoms with Crippen LogP contribution in [0, 0.1) is 6.92 Å². The monoisotopic (exact) mass is 318 g/mol. The van der Waals surface area contributed by atoms with Gasteiger partial charge < -0.3 is 20.3 Å². The van der Waals surface area contributed by atoms with Crippen LogP contribution >= 0.6 is 0 Å². The summed E-state index contributed by atoms with van der Waals surface area (Å²) in [7, 11) is 0. The number of hydrogen-bond donors (Lipinski definition) is 2. The van der Waals surface area contributed by atoms with Crippen molar-refractivity contribution in [3.63, 3.8) is 0 Å². The number of aryl methyl sites for hydroxylation is 2. The van der Waals surface area contributed by atoms with E-state index in [4.69, 9.17) is 15.0 Å². The highest BCUT2D eigenvalue weighted by Gasteiger charge is 2.13. The summed E-state index contributed by atoms with van der Waals surface area (Å²) in [4.78, 5) is 16.5. The van der Waals surface area contributed by atoms with Gasteiger partial charge in [-0.25, -0.2) is 0 Å². The van der Waals surface area contributed by atoms with E-state index < -0.39 is 0 Å². The molecule has 0 atom stereocenters. The summed E-state index contributed by atoms with van der Waals surface area (Å²) in [5, 5.41) is 6.66. The summed E-state index contributed by atoms with van der Waals surface area (Å²) in [6.45, 7) is 5.05. The summed E-state index contributed by atoms with van der Waals surface area (Å²) in [5.74, 6) is 1.52. The minimum absolute atomic E-state index is 0.198. The fourth-order valence-electron chi connectivity index (χ4n) is 2.03. The molecule has 7 heteroatoms. The predicted octanol–water partition coefficient (Wildman–Crippen LogP) is 1.25. The molecule has 1 amide bonds. The minimum Gasteiger partial charge on any atom is -0.491 e. The molecule has 0 aliphatic carbocycles. The molecule has 0 fully saturated rings. The first-order chi connectivity index (χ1) is 11.1.